The van der Waals surface area contributed by atoms with Crippen molar-refractivity contribution in [2.75, 3.05) is 6.61 Å². The molecule has 1 aliphatic rings. The molecule has 40 heavy (non-hydrogen) atoms. The third-order valence-electron chi connectivity index (χ3n) is 6.64. The zero-order valence-electron chi connectivity index (χ0n) is 22.5. The molecule has 208 valence electrons. The number of Topliss-reactive ketones (excluding diaryl/α,β-unsaturated/α-hetero) is 1. The minimum atomic E-state index is -1.02. The molecule has 9 heteroatoms. The fraction of sp³-hybridized carbons (Fsp3) is 0.290. The molecule has 3 aromatic carbocycles. The number of alkyl carbamates (subject to hydrolysis) is 1. The van der Waals surface area contributed by atoms with Crippen LogP contribution >= 0.6 is 0 Å². The summed E-state index contributed by atoms with van der Waals surface area (Å²) in [6.07, 6.45) is -0.587. The van der Waals surface area contributed by atoms with Crippen molar-refractivity contribution in [3.63, 3.8) is 0 Å². The van der Waals surface area contributed by atoms with Gasteiger partial charge in [-0.15, -0.1) is 0 Å². The van der Waals surface area contributed by atoms with Gasteiger partial charge in [-0.3, -0.25) is 14.4 Å². The smallest absolute Gasteiger partial charge is 0.408 e. The second kappa shape index (κ2) is 13.0. The molecule has 3 N–H and O–H groups in total. The first-order valence-electron chi connectivity index (χ1n) is 13.1. The van der Waals surface area contributed by atoms with Crippen molar-refractivity contribution < 1.29 is 28.7 Å². The van der Waals surface area contributed by atoms with E-state index in [1.54, 1.807) is 31.2 Å². The maximum Gasteiger partial charge on any atom is 0.408 e. The summed E-state index contributed by atoms with van der Waals surface area (Å²) in [5.41, 5.74) is 1.26. The van der Waals surface area contributed by atoms with Crippen molar-refractivity contribution in [3.8, 4) is 0 Å². The Morgan fingerprint density at radius 2 is 1.35 bits per heavy atom. The molecule has 1 fully saturated rings. The highest BCUT2D eigenvalue weighted by Gasteiger charge is 2.50. The topological polar surface area (TPSA) is 126 Å². The lowest BCUT2D eigenvalue weighted by Gasteiger charge is -2.25. The third kappa shape index (κ3) is 7.77. The summed E-state index contributed by atoms with van der Waals surface area (Å²) in [7, 11) is 0. The standard InChI is InChI=1S/C31H33N3O6/c1-21(32-30(38)39-19-23-14-8-4-9-15-23)28(36)33-25(18-22-12-6-3-7-13-22)29(37)34-26(24-16-10-5-11-17-24)27(35)31(2)20-40-31/h3-17,21,25-26H,18-20H2,1-2H3,(H,32,38)(H,33,36)(H,34,37)/t21-,25-,26-,31+/m0/s1. The number of epoxide rings is 1. The van der Waals surface area contributed by atoms with E-state index in [-0.39, 0.29) is 25.4 Å². The summed E-state index contributed by atoms with van der Waals surface area (Å²) in [5.74, 6) is -1.39. The highest BCUT2D eigenvalue weighted by Crippen LogP contribution is 2.33. The van der Waals surface area contributed by atoms with Gasteiger partial charge in [-0.05, 0) is 30.5 Å². The second-order valence-corrected chi connectivity index (χ2v) is 9.91. The van der Waals surface area contributed by atoms with E-state index in [4.69, 9.17) is 9.47 Å². The lowest BCUT2D eigenvalue weighted by molar-refractivity contribution is -0.133. The van der Waals surface area contributed by atoms with Crippen LogP contribution in [-0.4, -0.2) is 48.0 Å². The van der Waals surface area contributed by atoms with Crippen molar-refractivity contribution in [2.45, 2.75) is 50.6 Å². The maximum atomic E-state index is 13.6. The van der Waals surface area contributed by atoms with Crippen LogP contribution in [0.1, 0.15) is 36.6 Å². The van der Waals surface area contributed by atoms with Crippen molar-refractivity contribution in [3.05, 3.63) is 108 Å². The van der Waals surface area contributed by atoms with Gasteiger partial charge < -0.3 is 25.4 Å². The molecule has 0 radical (unpaired) electrons. The number of hydrogen-bond donors (Lipinski definition) is 3. The molecule has 0 saturated carbocycles. The van der Waals surface area contributed by atoms with E-state index in [1.165, 1.54) is 6.92 Å². The average Bonchev–Trinajstić information content (AvgIpc) is 3.73. The number of nitrogens with one attached hydrogen (secondary N) is 3. The number of ketones is 1. The zero-order valence-corrected chi connectivity index (χ0v) is 22.5. The maximum absolute atomic E-state index is 13.6. The summed E-state index contributed by atoms with van der Waals surface area (Å²) in [5, 5.41) is 8.05. The predicted molar refractivity (Wildman–Crippen MR) is 148 cm³/mol. The number of hydrogen-bond acceptors (Lipinski definition) is 6. The molecular formula is C31H33N3O6. The Kier molecular flexibility index (Phi) is 9.29. The average molecular weight is 544 g/mol. The Bertz CT molecular complexity index is 1310. The first-order chi connectivity index (χ1) is 19.2. The lowest BCUT2D eigenvalue weighted by atomic mass is 9.94. The first-order valence-corrected chi connectivity index (χ1v) is 13.1. The van der Waals surface area contributed by atoms with Gasteiger partial charge >= 0.3 is 6.09 Å². The number of ether oxygens (including phenoxy) is 2. The van der Waals surface area contributed by atoms with Crippen LogP contribution in [0.5, 0.6) is 0 Å². The second-order valence-electron chi connectivity index (χ2n) is 9.91. The van der Waals surface area contributed by atoms with E-state index in [1.807, 2.05) is 66.7 Å². The molecule has 1 aliphatic heterocycles. The summed E-state index contributed by atoms with van der Waals surface area (Å²) in [4.78, 5) is 52.2. The summed E-state index contributed by atoms with van der Waals surface area (Å²) in [6.45, 7) is 3.51. The normalized spacial score (nSPS) is 17.9. The van der Waals surface area contributed by atoms with E-state index in [9.17, 15) is 19.2 Å². The third-order valence-corrected chi connectivity index (χ3v) is 6.64. The van der Waals surface area contributed by atoms with Crippen LogP contribution in [0.25, 0.3) is 0 Å². The Labute approximate surface area is 233 Å². The molecule has 1 saturated heterocycles. The molecule has 0 bridgehead atoms. The Hall–Kier alpha value is -4.50. The van der Waals surface area contributed by atoms with Crippen molar-refractivity contribution in [1.29, 1.82) is 0 Å². The highest BCUT2D eigenvalue weighted by atomic mass is 16.6. The van der Waals surface area contributed by atoms with Crippen LogP contribution < -0.4 is 16.0 Å². The SMILES string of the molecule is C[C@H](NC(=O)OCc1ccccc1)C(=O)N[C@@H](Cc1ccccc1)C(=O)N[C@H](C(=O)[C@@]1(C)CO1)c1ccccc1. The van der Waals surface area contributed by atoms with Crippen molar-refractivity contribution >= 4 is 23.7 Å². The molecule has 0 aliphatic carbocycles. The molecule has 0 unspecified atom stereocenters. The van der Waals surface area contributed by atoms with Crippen LogP contribution in [-0.2, 0) is 36.9 Å². The Morgan fingerprint density at radius 1 is 0.800 bits per heavy atom. The lowest BCUT2D eigenvalue weighted by Crippen LogP contribution is -2.55. The monoisotopic (exact) mass is 543 g/mol. The van der Waals surface area contributed by atoms with Crippen LogP contribution in [0.2, 0.25) is 0 Å². The predicted octanol–water partition coefficient (Wildman–Crippen LogP) is 3.24. The van der Waals surface area contributed by atoms with Gasteiger partial charge in [0.05, 0.1) is 6.61 Å². The summed E-state index contributed by atoms with van der Waals surface area (Å²) < 4.78 is 10.6. The fourth-order valence-electron chi connectivity index (χ4n) is 4.11. The van der Waals surface area contributed by atoms with E-state index < -0.39 is 41.6 Å². The molecule has 0 spiro atoms. The Balaban J connectivity index is 1.44. The van der Waals surface area contributed by atoms with Gasteiger partial charge in [0.25, 0.3) is 0 Å². The van der Waals surface area contributed by atoms with Gasteiger partial charge in [-0.2, -0.15) is 0 Å². The van der Waals surface area contributed by atoms with Crippen LogP contribution in [0.15, 0.2) is 91.0 Å². The van der Waals surface area contributed by atoms with Crippen LogP contribution in [0.4, 0.5) is 4.79 Å². The van der Waals surface area contributed by atoms with E-state index in [0.717, 1.165) is 11.1 Å². The van der Waals surface area contributed by atoms with Gasteiger partial charge in [0, 0.05) is 6.42 Å². The quantitative estimate of drug-likeness (QED) is 0.301. The number of benzene rings is 3. The van der Waals surface area contributed by atoms with E-state index in [0.29, 0.717) is 5.56 Å². The summed E-state index contributed by atoms with van der Waals surface area (Å²) >= 11 is 0. The van der Waals surface area contributed by atoms with Crippen LogP contribution in [0, 0.1) is 0 Å². The Morgan fingerprint density at radius 3 is 1.93 bits per heavy atom. The highest BCUT2D eigenvalue weighted by molar-refractivity contribution is 5.99. The number of amides is 3. The van der Waals surface area contributed by atoms with Gasteiger partial charge in [0.15, 0.2) is 5.78 Å². The van der Waals surface area contributed by atoms with Gasteiger partial charge in [0.2, 0.25) is 11.8 Å². The van der Waals surface area contributed by atoms with Gasteiger partial charge in [-0.1, -0.05) is 91.0 Å². The minimum Gasteiger partial charge on any atom is -0.445 e. The molecule has 1 heterocycles. The minimum absolute atomic E-state index is 0.0532. The molecule has 4 rings (SSSR count). The number of carbonyl (C=O) groups excluding carboxylic acids is 4. The molecule has 9 nitrogen and oxygen atoms in total. The molecular weight excluding hydrogens is 510 g/mol. The number of rotatable bonds is 12. The zero-order chi connectivity index (χ0) is 28.5. The van der Waals surface area contributed by atoms with Gasteiger partial charge in [0.1, 0.15) is 30.3 Å². The van der Waals surface area contributed by atoms with E-state index in [2.05, 4.69) is 16.0 Å². The molecule has 3 amide bonds. The van der Waals surface area contributed by atoms with Crippen molar-refractivity contribution in [2.24, 2.45) is 0 Å². The van der Waals surface area contributed by atoms with E-state index >= 15 is 0 Å². The van der Waals surface area contributed by atoms with Crippen molar-refractivity contribution in [1.82, 2.24) is 16.0 Å². The molecule has 0 aromatic heterocycles. The van der Waals surface area contributed by atoms with Crippen LogP contribution in [0.3, 0.4) is 0 Å². The molecule has 4 atom stereocenters. The molecule has 3 aromatic rings. The largest absolute Gasteiger partial charge is 0.445 e. The number of carbonyl (C=O) groups is 4. The first kappa shape index (κ1) is 28.5. The fourth-order valence-corrected chi connectivity index (χ4v) is 4.11. The summed E-state index contributed by atoms with van der Waals surface area (Å²) in [6, 6.07) is 24.3. The van der Waals surface area contributed by atoms with Gasteiger partial charge in [-0.25, -0.2) is 4.79 Å².